The lowest BCUT2D eigenvalue weighted by Crippen LogP contribution is -2.48. The van der Waals surface area contributed by atoms with Gasteiger partial charge in [0.1, 0.15) is 0 Å². The highest BCUT2D eigenvalue weighted by Gasteiger charge is 2.34. The highest BCUT2D eigenvalue weighted by Crippen LogP contribution is 2.30. The molecule has 0 amide bonds. The predicted molar refractivity (Wildman–Crippen MR) is 85.9 cm³/mol. The molecule has 1 heterocycles. The van der Waals surface area contributed by atoms with Gasteiger partial charge in [-0.2, -0.15) is 4.31 Å². The van der Waals surface area contributed by atoms with Gasteiger partial charge < -0.3 is 5.73 Å². The second kappa shape index (κ2) is 5.71. The molecule has 4 nitrogen and oxygen atoms in total. The number of rotatable bonds is 2. The van der Waals surface area contributed by atoms with Gasteiger partial charge in [0.25, 0.3) is 0 Å². The zero-order chi connectivity index (χ0) is 15.9. The van der Waals surface area contributed by atoms with Gasteiger partial charge in [0.05, 0.1) is 4.90 Å². The summed E-state index contributed by atoms with van der Waals surface area (Å²) in [5, 5.41) is 0. The van der Waals surface area contributed by atoms with Gasteiger partial charge in [-0.3, -0.25) is 0 Å². The Labute approximate surface area is 128 Å². The van der Waals surface area contributed by atoms with E-state index in [1.165, 1.54) is 0 Å². The van der Waals surface area contributed by atoms with Crippen LogP contribution in [0.15, 0.2) is 11.0 Å². The van der Waals surface area contributed by atoms with Crippen LogP contribution in [0.5, 0.6) is 0 Å². The minimum absolute atomic E-state index is 0.0953. The summed E-state index contributed by atoms with van der Waals surface area (Å²) >= 11 is 0. The zero-order valence-corrected chi connectivity index (χ0v) is 14.4. The minimum atomic E-state index is -3.45. The average molecular weight is 310 g/mol. The number of hydrogen-bond donors (Lipinski definition) is 1. The van der Waals surface area contributed by atoms with Crippen LogP contribution >= 0.6 is 0 Å². The van der Waals surface area contributed by atoms with Crippen molar-refractivity contribution >= 4 is 10.0 Å². The maximum atomic E-state index is 13.1. The Balaban J connectivity index is 2.51. The lowest BCUT2D eigenvalue weighted by atomic mass is 9.96. The van der Waals surface area contributed by atoms with Gasteiger partial charge in [-0.1, -0.05) is 13.0 Å². The first-order chi connectivity index (χ1) is 9.66. The van der Waals surface area contributed by atoms with Gasteiger partial charge in [-0.15, -0.1) is 0 Å². The van der Waals surface area contributed by atoms with Crippen molar-refractivity contribution < 1.29 is 8.42 Å². The largest absolute Gasteiger partial charge is 0.327 e. The van der Waals surface area contributed by atoms with Gasteiger partial charge in [-0.25, -0.2) is 8.42 Å². The third-order valence-electron chi connectivity index (χ3n) is 4.83. The van der Waals surface area contributed by atoms with Gasteiger partial charge in [0, 0.05) is 19.1 Å². The van der Waals surface area contributed by atoms with Gasteiger partial charge >= 0.3 is 0 Å². The Morgan fingerprint density at radius 3 is 2.14 bits per heavy atom. The van der Waals surface area contributed by atoms with Gasteiger partial charge in [0.2, 0.25) is 10.0 Å². The first-order valence-corrected chi connectivity index (χ1v) is 8.93. The van der Waals surface area contributed by atoms with Crippen LogP contribution in [0, 0.1) is 33.6 Å². The van der Waals surface area contributed by atoms with Crippen LogP contribution in [0.4, 0.5) is 0 Å². The Morgan fingerprint density at radius 2 is 1.67 bits per heavy atom. The standard InChI is InChI=1S/C16H26N2O2S/c1-10-8-11(2)14(5)16(13(10)4)21(19,20)18-7-6-15(17)12(3)9-18/h8,12,15H,6-7,9,17H2,1-5H3. The molecule has 0 aromatic heterocycles. The van der Waals surface area contributed by atoms with E-state index in [1.54, 1.807) is 4.31 Å². The summed E-state index contributed by atoms with van der Waals surface area (Å²) in [6.45, 7) is 10.8. The summed E-state index contributed by atoms with van der Waals surface area (Å²) in [5.74, 6) is 0.194. The summed E-state index contributed by atoms with van der Waals surface area (Å²) in [7, 11) is -3.45. The fraction of sp³-hybridized carbons (Fsp3) is 0.625. The van der Waals surface area contributed by atoms with Crippen LogP contribution in [0.1, 0.15) is 35.6 Å². The minimum Gasteiger partial charge on any atom is -0.327 e. The molecule has 1 saturated heterocycles. The molecule has 1 aliphatic heterocycles. The van der Waals surface area contributed by atoms with E-state index in [1.807, 2.05) is 34.6 Å². The van der Waals surface area contributed by atoms with Crippen LogP contribution < -0.4 is 5.73 Å². The van der Waals surface area contributed by atoms with Crippen LogP contribution in [-0.2, 0) is 10.0 Å². The zero-order valence-electron chi connectivity index (χ0n) is 13.6. The lowest BCUT2D eigenvalue weighted by molar-refractivity contribution is 0.250. The van der Waals surface area contributed by atoms with E-state index in [9.17, 15) is 8.42 Å². The van der Waals surface area contributed by atoms with E-state index in [0.29, 0.717) is 18.0 Å². The van der Waals surface area contributed by atoms with Crippen molar-refractivity contribution in [2.24, 2.45) is 11.7 Å². The lowest BCUT2D eigenvalue weighted by Gasteiger charge is -2.35. The quantitative estimate of drug-likeness (QED) is 0.911. The molecule has 2 unspecified atom stereocenters. The fourth-order valence-electron chi connectivity index (χ4n) is 3.04. The van der Waals surface area contributed by atoms with Crippen molar-refractivity contribution in [3.05, 3.63) is 28.3 Å². The third-order valence-corrected chi connectivity index (χ3v) is 6.97. The van der Waals surface area contributed by atoms with Crippen molar-refractivity contribution in [2.45, 2.75) is 52.0 Å². The molecule has 0 radical (unpaired) electrons. The Kier molecular flexibility index (Phi) is 4.47. The molecular formula is C16H26N2O2S. The predicted octanol–water partition coefficient (Wildman–Crippen LogP) is 2.28. The summed E-state index contributed by atoms with van der Waals surface area (Å²) in [6, 6.07) is 2.15. The molecular weight excluding hydrogens is 284 g/mol. The van der Waals surface area contributed by atoms with E-state index in [0.717, 1.165) is 28.7 Å². The van der Waals surface area contributed by atoms with E-state index in [2.05, 4.69) is 6.07 Å². The summed E-state index contributed by atoms with van der Waals surface area (Å²) in [5.41, 5.74) is 9.79. The molecule has 2 atom stereocenters. The second-order valence-corrected chi connectivity index (χ2v) is 8.26. The average Bonchev–Trinajstić information content (AvgIpc) is 2.39. The van der Waals surface area contributed by atoms with Crippen molar-refractivity contribution in [2.75, 3.05) is 13.1 Å². The summed E-state index contributed by atoms with van der Waals surface area (Å²) < 4.78 is 27.7. The number of piperidine rings is 1. The smallest absolute Gasteiger partial charge is 0.243 e. The highest BCUT2D eigenvalue weighted by atomic mass is 32.2. The maximum Gasteiger partial charge on any atom is 0.243 e. The Morgan fingerprint density at radius 1 is 1.14 bits per heavy atom. The molecule has 2 rings (SSSR count). The van der Waals surface area contributed by atoms with Crippen LogP contribution in [0.25, 0.3) is 0 Å². The van der Waals surface area contributed by atoms with Crippen molar-refractivity contribution in [1.29, 1.82) is 0 Å². The van der Waals surface area contributed by atoms with Crippen molar-refractivity contribution in [1.82, 2.24) is 4.31 Å². The molecule has 5 heteroatoms. The van der Waals surface area contributed by atoms with Gasteiger partial charge in [0.15, 0.2) is 0 Å². The summed E-state index contributed by atoms with van der Waals surface area (Å²) in [6.07, 6.45) is 0.725. The number of nitrogens with two attached hydrogens (primary N) is 1. The fourth-order valence-corrected chi connectivity index (χ4v) is 5.17. The van der Waals surface area contributed by atoms with Gasteiger partial charge in [-0.05, 0) is 62.3 Å². The number of hydrogen-bond acceptors (Lipinski definition) is 3. The summed E-state index contributed by atoms with van der Waals surface area (Å²) in [4.78, 5) is 0.489. The van der Waals surface area contributed by atoms with Crippen LogP contribution in [0.3, 0.4) is 0 Å². The first-order valence-electron chi connectivity index (χ1n) is 7.49. The van der Waals surface area contributed by atoms with E-state index in [-0.39, 0.29) is 12.0 Å². The molecule has 0 spiro atoms. The SMILES string of the molecule is Cc1cc(C)c(C)c(S(=O)(=O)N2CCC(N)C(C)C2)c1C. The molecule has 1 fully saturated rings. The molecule has 118 valence electrons. The second-order valence-electron chi connectivity index (χ2n) is 6.38. The molecule has 1 aromatic carbocycles. The molecule has 0 aliphatic carbocycles. The topological polar surface area (TPSA) is 63.4 Å². The number of sulfonamides is 1. The van der Waals surface area contributed by atoms with Crippen molar-refractivity contribution in [3.8, 4) is 0 Å². The molecule has 21 heavy (non-hydrogen) atoms. The third kappa shape index (κ3) is 2.87. The van der Waals surface area contributed by atoms with E-state index < -0.39 is 10.0 Å². The molecule has 0 saturated carbocycles. The number of benzene rings is 1. The number of aryl methyl sites for hydroxylation is 2. The van der Waals surface area contributed by atoms with Crippen molar-refractivity contribution in [3.63, 3.8) is 0 Å². The maximum absolute atomic E-state index is 13.1. The first kappa shape index (κ1) is 16.5. The molecule has 1 aliphatic rings. The molecule has 0 bridgehead atoms. The Bertz CT molecular complexity index is 626. The van der Waals surface area contributed by atoms with Crippen LogP contribution in [0.2, 0.25) is 0 Å². The van der Waals surface area contributed by atoms with Crippen LogP contribution in [-0.4, -0.2) is 31.9 Å². The normalized spacial score (nSPS) is 24.3. The van der Waals surface area contributed by atoms with E-state index >= 15 is 0 Å². The Hall–Kier alpha value is -0.910. The highest BCUT2D eigenvalue weighted by molar-refractivity contribution is 7.89. The molecule has 1 aromatic rings. The molecule has 2 N–H and O–H groups in total. The number of nitrogens with zero attached hydrogens (tertiary/aromatic N) is 1. The monoisotopic (exact) mass is 310 g/mol. The van der Waals surface area contributed by atoms with E-state index in [4.69, 9.17) is 5.73 Å².